The number of nitrogens with zero attached hydrogens (tertiary/aromatic N) is 1. The Morgan fingerprint density at radius 1 is 1.40 bits per heavy atom. The van der Waals surface area contributed by atoms with Gasteiger partial charge in [-0.05, 0) is 30.5 Å². The molecule has 0 saturated carbocycles. The number of rotatable bonds is 4. The van der Waals surface area contributed by atoms with Gasteiger partial charge in [-0.2, -0.15) is 0 Å². The van der Waals surface area contributed by atoms with Gasteiger partial charge in [0.1, 0.15) is 0 Å². The summed E-state index contributed by atoms with van der Waals surface area (Å²) in [6.07, 6.45) is 0. The number of anilines is 1. The van der Waals surface area contributed by atoms with Crippen LogP contribution in [0.4, 0.5) is 5.69 Å². The first kappa shape index (κ1) is 15.0. The van der Waals surface area contributed by atoms with Crippen LogP contribution in [-0.4, -0.2) is 43.0 Å². The van der Waals surface area contributed by atoms with Crippen molar-refractivity contribution in [2.75, 3.05) is 31.5 Å². The lowest BCUT2D eigenvalue weighted by Crippen LogP contribution is -2.51. The maximum absolute atomic E-state index is 12.1. The molecule has 110 valence electrons. The molecule has 1 aliphatic rings. The van der Waals surface area contributed by atoms with Crippen molar-refractivity contribution in [1.82, 2.24) is 10.2 Å². The SMILES string of the molecule is CC(C)c1ccc(NC(=O)CN2CCNCC2C)cc1. The van der Waals surface area contributed by atoms with Crippen molar-refractivity contribution in [1.29, 1.82) is 0 Å². The Kier molecular flexibility index (Phi) is 5.15. The lowest BCUT2D eigenvalue weighted by atomic mass is 10.0. The molecule has 0 bridgehead atoms. The number of hydrogen-bond donors (Lipinski definition) is 2. The summed E-state index contributed by atoms with van der Waals surface area (Å²) in [6, 6.07) is 8.53. The molecule has 20 heavy (non-hydrogen) atoms. The van der Waals surface area contributed by atoms with Gasteiger partial charge < -0.3 is 10.6 Å². The molecule has 4 heteroatoms. The second-order valence-corrected chi connectivity index (χ2v) is 5.85. The van der Waals surface area contributed by atoms with Gasteiger partial charge >= 0.3 is 0 Å². The minimum absolute atomic E-state index is 0.0658. The van der Waals surface area contributed by atoms with Crippen LogP contribution in [0.2, 0.25) is 0 Å². The van der Waals surface area contributed by atoms with Crippen LogP contribution < -0.4 is 10.6 Å². The summed E-state index contributed by atoms with van der Waals surface area (Å²) in [5, 5.41) is 6.31. The zero-order valence-corrected chi connectivity index (χ0v) is 12.6. The highest BCUT2D eigenvalue weighted by atomic mass is 16.2. The highest BCUT2D eigenvalue weighted by molar-refractivity contribution is 5.92. The normalized spacial score (nSPS) is 20.1. The fraction of sp³-hybridized carbons (Fsp3) is 0.562. The zero-order valence-electron chi connectivity index (χ0n) is 12.6. The lowest BCUT2D eigenvalue weighted by molar-refractivity contribution is -0.118. The van der Waals surface area contributed by atoms with Gasteiger partial charge in [0.15, 0.2) is 0 Å². The van der Waals surface area contributed by atoms with Gasteiger partial charge in [0, 0.05) is 31.4 Å². The van der Waals surface area contributed by atoms with E-state index in [0.29, 0.717) is 18.5 Å². The number of piperazine rings is 1. The summed E-state index contributed by atoms with van der Waals surface area (Å²) in [5.41, 5.74) is 2.17. The minimum Gasteiger partial charge on any atom is -0.325 e. The van der Waals surface area contributed by atoms with Gasteiger partial charge in [-0.3, -0.25) is 9.69 Å². The fourth-order valence-corrected chi connectivity index (χ4v) is 2.45. The zero-order chi connectivity index (χ0) is 14.5. The molecule has 1 heterocycles. The average molecular weight is 275 g/mol. The van der Waals surface area contributed by atoms with Crippen LogP contribution in [-0.2, 0) is 4.79 Å². The number of carbonyl (C=O) groups excluding carboxylic acids is 1. The van der Waals surface area contributed by atoms with Crippen LogP contribution in [0.1, 0.15) is 32.3 Å². The van der Waals surface area contributed by atoms with Crippen molar-refractivity contribution in [3.05, 3.63) is 29.8 Å². The Labute approximate surface area is 121 Å². The van der Waals surface area contributed by atoms with Crippen LogP contribution in [0.5, 0.6) is 0 Å². The Morgan fingerprint density at radius 2 is 2.10 bits per heavy atom. The average Bonchev–Trinajstić information content (AvgIpc) is 2.42. The fourth-order valence-electron chi connectivity index (χ4n) is 2.45. The summed E-state index contributed by atoms with van der Waals surface area (Å²) in [7, 11) is 0. The monoisotopic (exact) mass is 275 g/mol. The molecule has 1 fully saturated rings. The van der Waals surface area contributed by atoms with E-state index in [-0.39, 0.29) is 5.91 Å². The molecule has 1 aromatic carbocycles. The van der Waals surface area contributed by atoms with Crippen LogP contribution in [0.15, 0.2) is 24.3 Å². The topological polar surface area (TPSA) is 44.4 Å². The third-order valence-electron chi connectivity index (χ3n) is 3.85. The van der Waals surface area contributed by atoms with Gasteiger partial charge in [-0.15, -0.1) is 0 Å². The van der Waals surface area contributed by atoms with Gasteiger partial charge in [0.25, 0.3) is 0 Å². The number of benzene rings is 1. The van der Waals surface area contributed by atoms with Gasteiger partial charge in [0.05, 0.1) is 6.54 Å². The van der Waals surface area contributed by atoms with Crippen LogP contribution >= 0.6 is 0 Å². The smallest absolute Gasteiger partial charge is 0.238 e. The van der Waals surface area contributed by atoms with E-state index in [2.05, 4.69) is 48.4 Å². The molecule has 1 aliphatic heterocycles. The molecule has 0 aromatic heterocycles. The minimum atomic E-state index is 0.0658. The largest absolute Gasteiger partial charge is 0.325 e. The number of hydrogen-bond acceptors (Lipinski definition) is 3. The van der Waals surface area contributed by atoms with E-state index in [1.54, 1.807) is 0 Å². The predicted octanol–water partition coefficient (Wildman–Crippen LogP) is 2.04. The first-order valence-corrected chi connectivity index (χ1v) is 7.41. The van der Waals surface area contributed by atoms with Crippen LogP contribution in [0.3, 0.4) is 0 Å². The first-order chi connectivity index (χ1) is 9.56. The summed E-state index contributed by atoms with van der Waals surface area (Å²) in [5.74, 6) is 0.581. The third kappa shape index (κ3) is 4.05. The summed E-state index contributed by atoms with van der Waals surface area (Å²) >= 11 is 0. The summed E-state index contributed by atoms with van der Waals surface area (Å²) < 4.78 is 0. The van der Waals surface area contributed by atoms with Crippen LogP contribution in [0, 0.1) is 0 Å². The third-order valence-corrected chi connectivity index (χ3v) is 3.85. The van der Waals surface area contributed by atoms with E-state index in [9.17, 15) is 4.79 Å². The van der Waals surface area contributed by atoms with Crippen molar-refractivity contribution < 1.29 is 4.79 Å². The lowest BCUT2D eigenvalue weighted by Gasteiger charge is -2.33. The number of nitrogens with one attached hydrogen (secondary N) is 2. The molecule has 1 aromatic rings. The standard InChI is InChI=1S/C16H25N3O/c1-12(2)14-4-6-15(7-5-14)18-16(20)11-19-9-8-17-10-13(19)3/h4-7,12-13,17H,8-11H2,1-3H3,(H,18,20). The highest BCUT2D eigenvalue weighted by Crippen LogP contribution is 2.17. The molecule has 1 atom stereocenters. The first-order valence-electron chi connectivity index (χ1n) is 7.41. The van der Waals surface area contributed by atoms with E-state index < -0.39 is 0 Å². The van der Waals surface area contributed by atoms with Gasteiger partial charge in [-0.25, -0.2) is 0 Å². The molecular weight excluding hydrogens is 250 g/mol. The van der Waals surface area contributed by atoms with Crippen molar-refractivity contribution in [3.8, 4) is 0 Å². The molecular formula is C16H25N3O. The van der Waals surface area contributed by atoms with E-state index in [1.165, 1.54) is 5.56 Å². The van der Waals surface area contributed by atoms with Crippen LogP contribution in [0.25, 0.3) is 0 Å². The Morgan fingerprint density at radius 3 is 2.70 bits per heavy atom. The summed E-state index contributed by atoms with van der Waals surface area (Å²) in [4.78, 5) is 14.3. The predicted molar refractivity (Wildman–Crippen MR) is 83.1 cm³/mol. The van der Waals surface area contributed by atoms with Gasteiger partial charge in [-0.1, -0.05) is 26.0 Å². The van der Waals surface area contributed by atoms with E-state index in [4.69, 9.17) is 0 Å². The highest BCUT2D eigenvalue weighted by Gasteiger charge is 2.20. The Hall–Kier alpha value is -1.39. The maximum atomic E-state index is 12.1. The molecule has 1 unspecified atom stereocenters. The maximum Gasteiger partial charge on any atom is 0.238 e. The quantitative estimate of drug-likeness (QED) is 0.884. The number of amides is 1. The molecule has 1 saturated heterocycles. The second kappa shape index (κ2) is 6.86. The van der Waals surface area contributed by atoms with Crippen molar-refractivity contribution in [2.45, 2.75) is 32.7 Å². The van der Waals surface area contributed by atoms with Crippen molar-refractivity contribution in [2.24, 2.45) is 0 Å². The molecule has 0 aliphatic carbocycles. The van der Waals surface area contributed by atoms with E-state index in [0.717, 1.165) is 25.3 Å². The van der Waals surface area contributed by atoms with Crippen molar-refractivity contribution in [3.63, 3.8) is 0 Å². The van der Waals surface area contributed by atoms with E-state index in [1.807, 2.05) is 12.1 Å². The molecule has 1 amide bonds. The van der Waals surface area contributed by atoms with Crippen molar-refractivity contribution >= 4 is 11.6 Å². The summed E-state index contributed by atoms with van der Waals surface area (Å²) in [6.45, 7) is 9.79. The molecule has 0 spiro atoms. The molecule has 2 N–H and O–H groups in total. The molecule has 2 rings (SSSR count). The molecule has 4 nitrogen and oxygen atoms in total. The van der Waals surface area contributed by atoms with Gasteiger partial charge in [0.2, 0.25) is 5.91 Å². The Balaban J connectivity index is 1.87. The Bertz CT molecular complexity index is 442. The van der Waals surface area contributed by atoms with E-state index >= 15 is 0 Å². The molecule has 0 radical (unpaired) electrons. The number of carbonyl (C=O) groups is 1. The second-order valence-electron chi connectivity index (χ2n) is 5.85.